The normalized spacial score (nSPS) is 12.5. The average Bonchev–Trinajstić information content (AvgIpc) is 2.46. The van der Waals surface area contributed by atoms with E-state index in [1.165, 1.54) is 10.8 Å². The fraction of sp³-hybridized carbons (Fsp3) is 0.0625. The summed E-state index contributed by atoms with van der Waals surface area (Å²) in [4.78, 5) is 4.36. The van der Waals surface area contributed by atoms with E-state index in [-0.39, 0.29) is 6.04 Å². The Morgan fingerprint density at radius 1 is 0.947 bits per heavy atom. The lowest BCUT2D eigenvalue weighted by atomic mass is 10.00. The highest BCUT2D eigenvalue weighted by Crippen LogP contribution is 2.26. The predicted octanol–water partition coefficient (Wildman–Crippen LogP) is 4.05. The predicted molar refractivity (Wildman–Crippen MR) is 81.9 cm³/mol. The van der Waals surface area contributed by atoms with Gasteiger partial charge in [-0.05, 0) is 50.5 Å². The quantitative estimate of drug-likeness (QED) is 0.775. The van der Waals surface area contributed by atoms with Crippen LogP contribution in [0.1, 0.15) is 17.3 Å². The minimum Gasteiger partial charge on any atom is -0.319 e. The molecule has 19 heavy (non-hydrogen) atoms. The summed E-state index contributed by atoms with van der Waals surface area (Å²) in [5.41, 5.74) is 8.24. The Labute approximate surface area is 120 Å². The average molecular weight is 313 g/mol. The van der Waals surface area contributed by atoms with Crippen molar-refractivity contribution in [3.8, 4) is 0 Å². The van der Waals surface area contributed by atoms with Crippen LogP contribution in [0.2, 0.25) is 0 Å². The third-order valence-electron chi connectivity index (χ3n) is 3.21. The number of benzene rings is 2. The molecule has 0 amide bonds. The van der Waals surface area contributed by atoms with Crippen LogP contribution in [0.25, 0.3) is 10.8 Å². The third-order valence-corrected chi connectivity index (χ3v) is 3.88. The number of hydrogen-bond donors (Lipinski definition) is 1. The summed E-state index contributed by atoms with van der Waals surface area (Å²) in [5.74, 6) is 0. The van der Waals surface area contributed by atoms with Crippen molar-refractivity contribution >= 4 is 26.7 Å². The first-order valence-corrected chi connectivity index (χ1v) is 6.90. The Bertz CT molecular complexity index is 725. The fourth-order valence-corrected chi connectivity index (χ4v) is 2.69. The molecule has 0 radical (unpaired) electrons. The molecule has 3 heteroatoms. The van der Waals surface area contributed by atoms with Gasteiger partial charge in [-0.15, -0.1) is 0 Å². The molecule has 0 fully saturated rings. The molecule has 2 aromatic carbocycles. The molecule has 1 unspecified atom stereocenters. The Morgan fingerprint density at radius 3 is 2.53 bits per heavy atom. The summed E-state index contributed by atoms with van der Waals surface area (Å²) in [6, 6.07) is 18.2. The number of aromatic nitrogens is 1. The van der Waals surface area contributed by atoms with Crippen LogP contribution in [0, 0.1) is 0 Å². The number of fused-ring (bicyclic) bond motifs is 1. The van der Waals surface area contributed by atoms with E-state index in [9.17, 15) is 0 Å². The van der Waals surface area contributed by atoms with Crippen molar-refractivity contribution in [2.75, 3.05) is 0 Å². The Morgan fingerprint density at radius 2 is 1.74 bits per heavy atom. The second-order valence-corrected chi connectivity index (χ2v) is 5.31. The van der Waals surface area contributed by atoms with Gasteiger partial charge in [-0.3, -0.25) is 4.98 Å². The first-order valence-electron chi connectivity index (χ1n) is 6.10. The van der Waals surface area contributed by atoms with Crippen molar-refractivity contribution in [3.63, 3.8) is 0 Å². The Balaban J connectivity index is 2.07. The zero-order chi connectivity index (χ0) is 13.2. The minimum absolute atomic E-state index is 0.222. The highest BCUT2D eigenvalue weighted by atomic mass is 79.9. The first kappa shape index (κ1) is 12.3. The molecule has 0 saturated carbocycles. The van der Waals surface area contributed by atoms with Crippen LogP contribution in [0.3, 0.4) is 0 Å². The maximum atomic E-state index is 6.32. The zero-order valence-electron chi connectivity index (χ0n) is 10.3. The highest BCUT2D eigenvalue weighted by molar-refractivity contribution is 9.10. The molecule has 0 aliphatic carbocycles. The van der Waals surface area contributed by atoms with Gasteiger partial charge in [0.05, 0.1) is 11.7 Å². The van der Waals surface area contributed by atoms with Gasteiger partial charge in [0.25, 0.3) is 0 Å². The van der Waals surface area contributed by atoms with Crippen molar-refractivity contribution < 1.29 is 0 Å². The molecule has 1 aromatic heterocycles. The summed E-state index contributed by atoms with van der Waals surface area (Å²) in [7, 11) is 0. The van der Waals surface area contributed by atoms with E-state index in [0.717, 1.165) is 15.7 Å². The fourth-order valence-electron chi connectivity index (χ4n) is 2.19. The molecular formula is C16H13BrN2. The van der Waals surface area contributed by atoms with E-state index in [0.29, 0.717) is 0 Å². The number of rotatable bonds is 2. The Hall–Kier alpha value is -1.71. The monoisotopic (exact) mass is 312 g/mol. The van der Waals surface area contributed by atoms with Crippen LogP contribution >= 0.6 is 15.9 Å². The van der Waals surface area contributed by atoms with Crippen LogP contribution in [0.15, 0.2) is 65.3 Å². The van der Waals surface area contributed by atoms with Crippen LogP contribution < -0.4 is 5.73 Å². The standard InChI is InChI=1S/C16H13BrN2/c17-14-6-3-9-19-16(14)15(18)13-8-7-11-4-1-2-5-12(11)10-13/h1-10,15H,18H2. The molecule has 0 spiro atoms. The largest absolute Gasteiger partial charge is 0.319 e. The van der Waals surface area contributed by atoms with Gasteiger partial charge >= 0.3 is 0 Å². The summed E-state index contributed by atoms with van der Waals surface area (Å²) < 4.78 is 0.940. The van der Waals surface area contributed by atoms with Gasteiger partial charge in [0, 0.05) is 10.7 Å². The number of halogens is 1. The lowest BCUT2D eigenvalue weighted by Gasteiger charge is -2.13. The zero-order valence-corrected chi connectivity index (χ0v) is 11.8. The van der Waals surface area contributed by atoms with Gasteiger partial charge in [0.15, 0.2) is 0 Å². The van der Waals surface area contributed by atoms with Crippen LogP contribution in [-0.2, 0) is 0 Å². The summed E-state index contributed by atoms with van der Waals surface area (Å²) in [6.45, 7) is 0. The van der Waals surface area contributed by atoms with Crippen LogP contribution in [0.5, 0.6) is 0 Å². The number of nitrogens with two attached hydrogens (primary N) is 1. The van der Waals surface area contributed by atoms with Crippen LogP contribution in [-0.4, -0.2) is 4.98 Å². The van der Waals surface area contributed by atoms with E-state index in [1.54, 1.807) is 6.20 Å². The minimum atomic E-state index is -0.222. The molecule has 0 aliphatic heterocycles. The number of hydrogen-bond acceptors (Lipinski definition) is 2. The van der Waals surface area contributed by atoms with Gasteiger partial charge in [-0.2, -0.15) is 0 Å². The van der Waals surface area contributed by atoms with Crippen molar-refractivity contribution in [2.45, 2.75) is 6.04 Å². The highest BCUT2D eigenvalue weighted by Gasteiger charge is 2.13. The molecule has 2 N–H and O–H groups in total. The third kappa shape index (κ3) is 2.39. The van der Waals surface area contributed by atoms with Crippen molar-refractivity contribution in [1.29, 1.82) is 0 Å². The first-order chi connectivity index (χ1) is 9.25. The molecule has 2 nitrogen and oxygen atoms in total. The molecule has 3 aromatic rings. The van der Waals surface area contributed by atoms with Gasteiger partial charge in [0.2, 0.25) is 0 Å². The Kier molecular flexibility index (Phi) is 3.32. The summed E-state index contributed by atoms with van der Waals surface area (Å²) >= 11 is 3.50. The molecular weight excluding hydrogens is 300 g/mol. The van der Waals surface area contributed by atoms with E-state index < -0.39 is 0 Å². The van der Waals surface area contributed by atoms with Crippen molar-refractivity contribution in [3.05, 3.63) is 76.5 Å². The summed E-state index contributed by atoms with van der Waals surface area (Å²) in [5, 5.41) is 2.42. The van der Waals surface area contributed by atoms with Gasteiger partial charge < -0.3 is 5.73 Å². The molecule has 3 rings (SSSR count). The second kappa shape index (κ2) is 5.11. The van der Waals surface area contributed by atoms with E-state index in [1.807, 2.05) is 24.3 Å². The van der Waals surface area contributed by atoms with Gasteiger partial charge in [0.1, 0.15) is 0 Å². The van der Waals surface area contributed by atoms with Crippen LogP contribution in [0.4, 0.5) is 0 Å². The van der Waals surface area contributed by atoms with E-state index >= 15 is 0 Å². The van der Waals surface area contributed by atoms with Gasteiger partial charge in [-0.25, -0.2) is 0 Å². The smallest absolute Gasteiger partial charge is 0.0758 e. The maximum Gasteiger partial charge on any atom is 0.0758 e. The van der Waals surface area contributed by atoms with Gasteiger partial charge in [-0.1, -0.05) is 36.4 Å². The molecule has 1 atom stereocenters. The number of pyridine rings is 1. The topological polar surface area (TPSA) is 38.9 Å². The molecule has 1 heterocycles. The molecule has 94 valence electrons. The molecule has 0 bridgehead atoms. The lowest BCUT2D eigenvalue weighted by molar-refractivity contribution is 0.824. The van der Waals surface area contributed by atoms with E-state index in [4.69, 9.17) is 5.73 Å². The SMILES string of the molecule is NC(c1ccc2ccccc2c1)c1ncccc1Br. The number of nitrogens with zero attached hydrogens (tertiary/aromatic N) is 1. The van der Waals surface area contributed by atoms with E-state index in [2.05, 4.69) is 51.2 Å². The molecule has 0 aliphatic rings. The van der Waals surface area contributed by atoms with Crippen molar-refractivity contribution in [1.82, 2.24) is 4.98 Å². The lowest BCUT2D eigenvalue weighted by Crippen LogP contribution is -2.14. The van der Waals surface area contributed by atoms with Crippen molar-refractivity contribution in [2.24, 2.45) is 5.73 Å². The second-order valence-electron chi connectivity index (χ2n) is 4.45. The summed E-state index contributed by atoms with van der Waals surface area (Å²) in [6.07, 6.45) is 1.76. The molecule has 0 saturated heterocycles. The maximum absolute atomic E-state index is 6.32.